The summed E-state index contributed by atoms with van der Waals surface area (Å²) in [5.41, 5.74) is 2.11. The van der Waals surface area contributed by atoms with Crippen LogP contribution in [0, 0.1) is 13.8 Å². The van der Waals surface area contributed by atoms with E-state index >= 15 is 0 Å². The molecule has 2 saturated heterocycles. The summed E-state index contributed by atoms with van der Waals surface area (Å²) >= 11 is 0. The molecule has 0 unspecified atom stereocenters. The molecule has 0 radical (unpaired) electrons. The predicted molar refractivity (Wildman–Crippen MR) is 90.2 cm³/mol. The molecule has 0 saturated carbocycles. The standard InChI is InChI=1S/C16H27N5O2/c1-11-12(2)17-16(20(3)4)19-15(11)18-13-9-23-10-14(13)21-5-7-22-8-6-21/h13-14H,5-10H2,1-4H3,(H,17,18,19)/t13-,14-/m0/s1. The zero-order chi connectivity index (χ0) is 16.4. The van der Waals surface area contributed by atoms with Gasteiger partial charge in [-0.1, -0.05) is 0 Å². The molecular formula is C16H27N5O2. The first kappa shape index (κ1) is 16.4. The van der Waals surface area contributed by atoms with Crippen LogP contribution < -0.4 is 10.2 Å². The molecule has 128 valence electrons. The van der Waals surface area contributed by atoms with Crippen molar-refractivity contribution in [1.82, 2.24) is 14.9 Å². The van der Waals surface area contributed by atoms with E-state index in [1.165, 1.54) is 0 Å². The summed E-state index contributed by atoms with van der Waals surface area (Å²) in [5.74, 6) is 1.65. The minimum atomic E-state index is 0.246. The van der Waals surface area contributed by atoms with E-state index in [0.29, 0.717) is 12.6 Å². The molecule has 2 aliphatic rings. The fraction of sp³-hybridized carbons (Fsp3) is 0.750. The normalized spacial score (nSPS) is 25.6. The summed E-state index contributed by atoms with van der Waals surface area (Å²) in [4.78, 5) is 13.6. The Balaban J connectivity index is 1.77. The van der Waals surface area contributed by atoms with E-state index in [-0.39, 0.29) is 6.04 Å². The number of rotatable bonds is 4. The molecule has 0 aromatic carbocycles. The number of aromatic nitrogens is 2. The molecule has 0 spiro atoms. The van der Waals surface area contributed by atoms with Crippen LogP contribution in [0.15, 0.2) is 0 Å². The monoisotopic (exact) mass is 321 g/mol. The number of nitrogens with one attached hydrogen (secondary N) is 1. The highest BCUT2D eigenvalue weighted by Crippen LogP contribution is 2.23. The van der Waals surface area contributed by atoms with Gasteiger partial charge in [-0.3, -0.25) is 4.90 Å². The molecule has 2 fully saturated rings. The first-order valence-corrected chi connectivity index (χ1v) is 8.25. The fourth-order valence-corrected chi connectivity index (χ4v) is 3.08. The Morgan fingerprint density at radius 3 is 2.52 bits per heavy atom. The number of hydrogen-bond acceptors (Lipinski definition) is 7. The summed E-state index contributed by atoms with van der Waals surface area (Å²) in [6.07, 6.45) is 0. The first-order valence-electron chi connectivity index (χ1n) is 8.25. The number of hydrogen-bond donors (Lipinski definition) is 1. The quantitative estimate of drug-likeness (QED) is 0.874. The second-order valence-corrected chi connectivity index (χ2v) is 6.48. The van der Waals surface area contributed by atoms with Crippen LogP contribution in [0.5, 0.6) is 0 Å². The van der Waals surface area contributed by atoms with Crippen LogP contribution in [0.2, 0.25) is 0 Å². The lowest BCUT2D eigenvalue weighted by molar-refractivity contribution is 0.0130. The van der Waals surface area contributed by atoms with Gasteiger partial charge < -0.3 is 19.7 Å². The number of aryl methyl sites for hydroxylation is 1. The van der Waals surface area contributed by atoms with Gasteiger partial charge in [-0.15, -0.1) is 0 Å². The van der Waals surface area contributed by atoms with Gasteiger partial charge >= 0.3 is 0 Å². The Morgan fingerprint density at radius 1 is 1.09 bits per heavy atom. The van der Waals surface area contributed by atoms with Gasteiger partial charge in [0, 0.05) is 38.4 Å². The molecular weight excluding hydrogens is 294 g/mol. The SMILES string of the molecule is Cc1nc(N(C)C)nc(N[C@H]2COC[C@@H]2N2CCOCC2)c1C. The molecule has 7 nitrogen and oxygen atoms in total. The van der Waals surface area contributed by atoms with Crippen molar-refractivity contribution in [3.05, 3.63) is 11.3 Å². The number of nitrogens with zero attached hydrogens (tertiary/aromatic N) is 4. The number of morpholine rings is 1. The minimum absolute atomic E-state index is 0.246. The van der Waals surface area contributed by atoms with Crippen LogP contribution in [0.3, 0.4) is 0 Å². The Morgan fingerprint density at radius 2 is 1.83 bits per heavy atom. The zero-order valence-electron chi connectivity index (χ0n) is 14.5. The summed E-state index contributed by atoms with van der Waals surface area (Å²) < 4.78 is 11.2. The number of anilines is 2. The minimum Gasteiger partial charge on any atom is -0.379 e. The molecule has 2 atom stereocenters. The average molecular weight is 321 g/mol. The zero-order valence-corrected chi connectivity index (χ0v) is 14.5. The van der Waals surface area contributed by atoms with Crippen LogP contribution >= 0.6 is 0 Å². The van der Waals surface area contributed by atoms with Gasteiger partial charge in [0.1, 0.15) is 5.82 Å². The molecule has 3 heterocycles. The van der Waals surface area contributed by atoms with Gasteiger partial charge in [-0.05, 0) is 13.8 Å². The summed E-state index contributed by atoms with van der Waals surface area (Å²) in [6.45, 7) is 9.12. The van der Waals surface area contributed by atoms with E-state index in [0.717, 1.165) is 55.9 Å². The Kier molecular flexibility index (Phi) is 4.99. The summed E-state index contributed by atoms with van der Waals surface area (Å²) in [7, 11) is 3.92. The molecule has 2 aliphatic heterocycles. The third kappa shape index (κ3) is 3.57. The predicted octanol–water partition coefficient (Wildman–Crippen LogP) is 0.671. The second-order valence-electron chi connectivity index (χ2n) is 6.48. The van der Waals surface area contributed by atoms with Crippen LogP contribution in [-0.4, -0.2) is 80.6 Å². The van der Waals surface area contributed by atoms with Crippen LogP contribution in [0.4, 0.5) is 11.8 Å². The molecule has 0 amide bonds. The van der Waals surface area contributed by atoms with Gasteiger partial charge in [0.15, 0.2) is 0 Å². The van der Waals surface area contributed by atoms with E-state index in [1.54, 1.807) is 0 Å². The highest BCUT2D eigenvalue weighted by atomic mass is 16.5. The topological polar surface area (TPSA) is 62.8 Å². The average Bonchev–Trinajstić information content (AvgIpc) is 3.00. The van der Waals surface area contributed by atoms with Crippen molar-refractivity contribution < 1.29 is 9.47 Å². The first-order chi connectivity index (χ1) is 11.1. The molecule has 0 bridgehead atoms. The smallest absolute Gasteiger partial charge is 0.227 e. The maximum Gasteiger partial charge on any atom is 0.227 e. The van der Waals surface area contributed by atoms with Gasteiger partial charge in [-0.2, -0.15) is 4.98 Å². The fourth-order valence-electron chi connectivity index (χ4n) is 3.08. The van der Waals surface area contributed by atoms with Gasteiger partial charge in [0.05, 0.1) is 38.5 Å². The van der Waals surface area contributed by atoms with Crippen LogP contribution in [0.1, 0.15) is 11.3 Å². The molecule has 1 N–H and O–H groups in total. The highest BCUT2D eigenvalue weighted by molar-refractivity contribution is 5.51. The third-order valence-corrected chi connectivity index (χ3v) is 4.66. The molecule has 0 aliphatic carbocycles. The maximum absolute atomic E-state index is 5.74. The molecule has 1 aromatic heterocycles. The van der Waals surface area contributed by atoms with Crippen molar-refractivity contribution in [1.29, 1.82) is 0 Å². The largest absolute Gasteiger partial charge is 0.379 e. The molecule has 1 aromatic rings. The molecule has 3 rings (SSSR count). The van der Waals surface area contributed by atoms with Gasteiger partial charge in [0.2, 0.25) is 5.95 Å². The summed E-state index contributed by atoms with van der Waals surface area (Å²) in [5, 5.41) is 3.61. The third-order valence-electron chi connectivity index (χ3n) is 4.66. The van der Waals surface area contributed by atoms with Crippen LogP contribution in [0.25, 0.3) is 0 Å². The van der Waals surface area contributed by atoms with E-state index in [2.05, 4.69) is 27.1 Å². The lowest BCUT2D eigenvalue weighted by atomic mass is 10.1. The van der Waals surface area contributed by atoms with Crippen LogP contribution in [-0.2, 0) is 9.47 Å². The van der Waals surface area contributed by atoms with E-state index in [9.17, 15) is 0 Å². The molecule has 7 heteroatoms. The molecule has 23 heavy (non-hydrogen) atoms. The van der Waals surface area contributed by atoms with E-state index < -0.39 is 0 Å². The number of ether oxygens (including phenoxy) is 2. The van der Waals surface area contributed by atoms with E-state index in [4.69, 9.17) is 9.47 Å². The van der Waals surface area contributed by atoms with E-state index in [1.807, 2.05) is 25.9 Å². The van der Waals surface area contributed by atoms with Crippen molar-refractivity contribution >= 4 is 11.8 Å². The lowest BCUT2D eigenvalue weighted by Gasteiger charge is -2.35. The Labute approximate surface area is 138 Å². The van der Waals surface area contributed by atoms with Crippen molar-refractivity contribution in [2.24, 2.45) is 0 Å². The second kappa shape index (κ2) is 6.98. The van der Waals surface area contributed by atoms with Crippen molar-refractivity contribution in [3.63, 3.8) is 0 Å². The van der Waals surface area contributed by atoms with Gasteiger partial charge in [0.25, 0.3) is 0 Å². The van der Waals surface area contributed by atoms with Crippen molar-refractivity contribution in [2.75, 3.05) is 63.8 Å². The van der Waals surface area contributed by atoms with Crippen molar-refractivity contribution in [2.45, 2.75) is 25.9 Å². The Hall–Kier alpha value is -1.44. The van der Waals surface area contributed by atoms with Gasteiger partial charge in [-0.25, -0.2) is 4.98 Å². The maximum atomic E-state index is 5.74. The highest BCUT2D eigenvalue weighted by Gasteiger charge is 2.34. The van der Waals surface area contributed by atoms with Crippen molar-refractivity contribution in [3.8, 4) is 0 Å². The lowest BCUT2D eigenvalue weighted by Crippen LogP contribution is -2.51. The Bertz CT molecular complexity index is 546. The summed E-state index contributed by atoms with van der Waals surface area (Å²) in [6, 6.07) is 0.618.